The van der Waals surface area contributed by atoms with E-state index in [2.05, 4.69) is 20.4 Å². The first-order chi connectivity index (χ1) is 13.1. The molecule has 0 bridgehead atoms. The monoisotopic (exact) mass is 380 g/mol. The molecule has 1 amide bonds. The van der Waals surface area contributed by atoms with E-state index in [-0.39, 0.29) is 17.3 Å². The second-order valence-corrected chi connectivity index (χ2v) is 6.05. The minimum absolute atomic E-state index is 0.177. The average molecular weight is 381 g/mol. The lowest BCUT2D eigenvalue weighted by atomic mass is 10.3. The standard InChI is InChI=1S/C18H13ClN6O2/c19-16-14(7-4-8-20-16)23-15(26)10-24-11-21-17-13(18(24)27)9-22-25(17)12-5-2-1-3-6-12/h1-9,11H,10H2,(H,23,26). The predicted molar refractivity (Wildman–Crippen MR) is 101 cm³/mol. The Balaban J connectivity index is 1.62. The molecule has 0 spiro atoms. The summed E-state index contributed by atoms with van der Waals surface area (Å²) in [6.07, 6.45) is 4.30. The SMILES string of the molecule is O=C(Cn1cnc2c(cnn2-c2ccccc2)c1=O)Nc1cccnc1Cl. The maximum absolute atomic E-state index is 12.7. The maximum atomic E-state index is 12.7. The Kier molecular flexibility index (Phi) is 4.39. The number of carbonyl (C=O) groups excluding carboxylic acids is 1. The summed E-state index contributed by atoms with van der Waals surface area (Å²) < 4.78 is 2.80. The van der Waals surface area contributed by atoms with Crippen LogP contribution in [0.3, 0.4) is 0 Å². The lowest BCUT2D eigenvalue weighted by Gasteiger charge is -2.08. The van der Waals surface area contributed by atoms with Gasteiger partial charge in [-0.15, -0.1) is 0 Å². The Labute approximate surface area is 158 Å². The van der Waals surface area contributed by atoms with Crippen molar-refractivity contribution in [3.05, 3.63) is 76.7 Å². The van der Waals surface area contributed by atoms with E-state index >= 15 is 0 Å². The number of carbonyl (C=O) groups is 1. The summed E-state index contributed by atoms with van der Waals surface area (Å²) in [5.41, 5.74) is 1.25. The van der Waals surface area contributed by atoms with Crippen LogP contribution in [0.15, 0.2) is 66.0 Å². The number of amides is 1. The molecule has 0 aliphatic heterocycles. The number of aromatic nitrogens is 5. The fourth-order valence-corrected chi connectivity index (χ4v) is 2.81. The Morgan fingerprint density at radius 2 is 1.93 bits per heavy atom. The van der Waals surface area contributed by atoms with Gasteiger partial charge in [0.1, 0.15) is 18.3 Å². The molecule has 9 heteroatoms. The quantitative estimate of drug-likeness (QED) is 0.548. The molecule has 134 valence electrons. The van der Waals surface area contributed by atoms with Gasteiger partial charge in [-0.3, -0.25) is 14.2 Å². The van der Waals surface area contributed by atoms with Crippen LogP contribution in [0.5, 0.6) is 0 Å². The number of hydrogen-bond donors (Lipinski definition) is 1. The Morgan fingerprint density at radius 3 is 2.70 bits per heavy atom. The highest BCUT2D eigenvalue weighted by molar-refractivity contribution is 6.32. The molecule has 3 aromatic heterocycles. The lowest BCUT2D eigenvalue weighted by Crippen LogP contribution is -2.28. The summed E-state index contributed by atoms with van der Waals surface area (Å²) in [5.74, 6) is -0.413. The molecule has 8 nitrogen and oxygen atoms in total. The zero-order valence-electron chi connectivity index (χ0n) is 13.9. The zero-order chi connectivity index (χ0) is 18.8. The van der Waals surface area contributed by atoms with Gasteiger partial charge in [0.15, 0.2) is 10.8 Å². The third-order valence-corrected chi connectivity index (χ3v) is 4.20. The van der Waals surface area contributed by atoms with Crippen molar-refractivity contribution in [3.63, 3.8) is 0 Å². The van der Waals surface area contributed by atoms with Crippen molar-refractivity contribution in [2.45, 2.75) is 6.54 Å². The van der Waals surface area contributed by atoms with Crippen LogP contribution in [0.25, 0.3) is 16.7 Å². The second kappa shape index (κ2) is 7.00. The second-order valence-electron chi connectivity index (χ2n) is 5.70. The van der Waals surface area contributed by atoms with Gasteiger partial charge in [-0.1, -0.05) is 29.8 Å². The lowest BCUT2D eigenvalue weighted by molar-refractivity contribution is -0.116. The van der Waals surface area contributed by atoms with E-state index in [0.29, 0.717) is 16.7 Å². The third-order valence-electron chi connectivity index (χ3n) is 3.90. The molecular weight excluding hydrogens is 368 g/mol. The van der Waals surface area contributed by atoms with E-state index in [1.54, 1.807) is 16.8 Å². The number of halogens is 1. The van der Waals surface area contributed by atoms with Crippen LogP contribution in [0.2, 0.25) is 5.15 Å². The van der Waals surface area contributed by atoms with Crippen molar-refractivity contribution in [2.24, 2.45) is 0 Å². The molecule has 0 radical (unpaired) electrons. The number of nitrogens with zero attached hydrogens (tertiary/aromatic N) is 5. The number of pyridine rings is 1. The summed E-state index contributed by atoms with van der Waals surface area (Å²) in [6.45, 7) is -0.205. The van der Waals surface area contributed by atoms with E-state index in [4.69, 9.17) is 11.6 Å². The van der Waals surface area contributed by atoms with Gasteiger partial charge in [-0.25, -0.2) is 14.6 Å². The number of nitrogens with one attached hydrogen (secondary N) is 1. The molecule has 27 heavy (non-hydrogen) atoms. The molecule has 0 atom stereocenters. The molecule has 0 fully saturated rings. The van der Waals surface area contributed by atoms with Crippen molar-refractivity contribution in [3.8, 4) is 5.69 Å². The van der Waals surface area contributed by atoms with Crippen LogP contribution < -0.4 is 10.9 Å². The van der Waals surface area contributed by atoms with Crippen LogP contribution in [0, 0.1) is 0 Å². The molecule has 0 unspecified atom stereocenters. The largest absolute Gasteiger partial charge is 0.322 e. The highest BCUT2D eigenvalue weighted by Crippen LogP contribution is 2.17. The number of para-hydroxylation sites is 1. The van der Waals surface area contributed by atoms with Gasteiger partial charge in [0, 0.05) is 6.20 Å². The normalized spacial score (nSPS) is 10.9. The van der Waals surface area contributed by atoms with Gasteiger partial charge in [0.2, 0.25) is 5.91 Å². The highest BCUT2D eigenvalue weighted by Gasteiger charge is 2.14. The van der Waals surface area contributed by atoms with Gasteiger partial charge in [-0.05, 0) is 24.3 Å². The molecule has 1 N–H and O–H groups in total. The summed E-state index contributed by atoms with van der Waals surface area (Å²) in [6, 6.07) is 12.6. The van der Waals surface area contributed by atoms with E-state index in [1.165, 1.54) is 23.3 Å². The molecule has 0 saturated heterocycles. The van der Waals surface area contributed by atoms with Gasteiger partial charge in [0.05, 0.1) is 17.6 Å². The third kappa shape index (κ3) is 3.30. The first kappa shape index (κ1) is 16.9. The Morgan fingerprint density at radius 1 is 1.11 bits per heavy atom. The number of anilines is 1. The molecule has 0 aliphatic rings. The molecule has 1 aromatic carbocycles. The molecule has 0 saturated carbocycles. The van der Waals surface area contributed by atoms with Gasteiger partial charge in [0.25, 0.3) is 5.56 Å². The highest BCUT2D eigenvalue weighted by atomic mass is 35.5. The summed E-state index contributed by atoms with van der Waals surface area (Å²) >= 11 is 5.92. The van der Waals surface area contributed by atoms with E-state index in [1.807, 2.05) is 30.3 Å². The van der Waals surface area contributed by atoms with Crippen LogP contribution in [-0.2, 0) is 11.3 Å². The van der Waals surface area contributed by atoms with Crippen LogP contribution in [-0.4, -0.2) is 30.2 Å². The Hall–Kier alpha value is -3.52. The minimum Gasteiger partial charge on any atom is -0.322 e. The Bertz CT molecular complexity index is 1190. The van der Waals surface area contributed by atoms with Gasteiger partial charge >= 0.3 is 0 Å². The fraction of sp³-hybridized carbons (Fsp3) is 0.0556. The predicted octanol–water partition coefficient (Wildman–Crippen LogP) is 2.27. The van der Waals surface area contributed by atoms with Crippen LogP contribution in [0.4, 0.5) is 5.69 Å². The van der Waals surface area contributed by atoms with Crippen molar-refractivity contribution in [1.82, 2.24) is 24.3 Å². The smallest absolute Gasteiger partial charge is 0.264 e. The maximum Gasteiger partial charge on any atom is 0.264 e. The number of fused-ring (bicyclic) bond motifs is 1. The minimum atomic E-state index is -0.413. The summed E-state index contributed by atoms with van der Waals surface area (Å²) in [4.78, 5) is 33.1. The first-order valence-corrected chi connectivity index (χ1v) is 8.40. The van der Waals surface area contributed by atoms with Crippen molar-refractivity contribution in [1.29, 1.82) is 0 Å². The summed E-state index contributed by atoms with van der Waals surface area (Å²) in [5, 5.41) is 7.37. The molecule has 0 aliphatic carbocycles. The van der Waals surface area contributed by atoms with Crippen LogP contribution >= 0.6 is 11.6 Å². The molecular formula is C18H13ClN6O2. The van der Waals surface area contributed by atoms with E-state index < -0.39 is 5.91 Å². The van der Waals surface area contributed by atoms with Gasteiger partial charge in [-0.2, -0.15) is 5.10 Å². The van der Waals surface area contributed by atoms with E-state index in [9.17, 15) is 9.59 Å². The summed E-state index contributed by atoms with van der Waals surface area (Å²) in [7, 11) is 0. The van der Waals surface area contributed by atoms with Crippen molar-refractivity contribution < 1.29 is 4.79 Å². The average Bonchev–Trinajstić information content (AvgIpc) is 3.11. The fourth-order valence-electron chi connectivity index (χ4n) is 2.64. The first-order valence-electron chi connectivity index (χ1n) is 8.02. The van der Waals surface area contributed by atoms with Gasteiger partial charge < -0.3 is 5.32 Å². The molecule has 4 aromatic rings. The number of rotatable bonds is 4. The molecule has 3 heterocycles. The van der Waals surface area contributed by atoms with E-state index in [0.717, 1.165) is 5.69 Å². The topological polar surface area (TPSA) is 94.7 Å². The van der Waals surface area contributed by atoms with Crippen LogP contribution in [0.1, 0.15) is 0 Å². The van der Waals surface area contributed by atoms with Crippen molar-refractivity contribution in [2.75, 3.05) is 5.32 Å². The van der Waals surface area contributed by atoms with Crippen molar-refractivity contribution >= 4 is 34.2 Å². The number of hydrogen-bond acceptors (Lipinski definition) is 5. The molecule has 4 rings (SSSR count). The zero-order valence-corrected chi connectivity index (χ0v) is 14.7. The number of benzene rings is 1.